The monoisotopic (exact) mass is 208 g/mol. The van der Waals surface area contributed by atoms with Gasteiger partial charge in [0.05, 0.1) is 0 Å². The average molecular weight is 208 g/mol. The molecule has 1 heterocycles. The molecular weight excluding hydrogens is 191 g/mol. The summed E-state index contributed by atoms with van der Waals surface area (Å²) in [6.07, 6.45) is 0. The van der Waals surface area contributed by atoms with E-state index in [2.05, 4.69) is 5.32 Å². The first-order valence-corrected chi connectivity index (χ1v) is 5.26. The summed E-state index contributed by atoms with van der Waals surface area (Å²) in [5.74, 6) is 0.125. The first-order valence-electron chi connectivity index (χ1n) is 5.26. The van der Waals surface area contributed by atoms with Crippen LogP contribution < -0.4 is 11.1 Å². The van der Waals surface area contributed by atoms with E-state index in [1.165, 1.54) is 6.07 Å². The predicted molar refractivity (Wildman–Crippen MR) is 59.3 cm³/mol. The first-order chi connectivity index (χ1) is 7.00. The Kier molecular flexibility index (Phi) is 2.52. The third-order valence-corrected chi connectivity index (χ3v) is 3.23. The summed E-state index contributed by atoms with van der Waals surface area (Å²) in [5, 5.41) is 3.28. The SMILES string of the molecule is Cc1cc(C2CNCC2(C)N)ccc1F. The van der Waals surface area contributed by atoms with Crippen LogP contribution in [-0.4, -0.2) is 18.6 Å². The Bertz CT molecular complexity index is 374. The van der Waals surface area contributed by atoms with E-state index >= 15 is 0 Å². The van der Waals surface area contributed by atoms with Gasteiger partial charge in [-0.3, -0.25) is 0 Å². The number of nitrogens with one attached hydrogen (secondary N) is 1. The van der Waals surface area contributed by atoms with Crippen LogP contribution in [0.5, 0.6) is 0 Å². The zero-order chi connectivity index (χ0) is 11.1. The second-order valence-electron chi connectivity index (χ2n) is 4.70. The molecule has 2 unspecified atom stereocenters. The minimum Gasteiger partial charge on any atom is -0.324 e. The highest BCUT2D eigenvalue weighted by atomic mass is 19.1. The summed E-state index contributed by atoms with van der Waals surface area (Å²) in [7, 11) is 0. The van der Waals surface area contributed by atoms with Gasteiger partial charge in [0, 0.05) is 24.5 Å². The number of halogens is 1. The summed E-state index contributed by atoms with van der Waals surface area (Å²) in [6, 6.07) is 5.27. The van der Waals surface area contributed by atoms with Crippen LogP contribution in [-0.2, 0) is 0 Å². The van der Waals surface area contributed by atoms with Gasteiger partial charge in [-0.15, -0.1) is 0 Å². The van der Waals surface area contributed by atoms with Gasteiger partial charge in [0.2, 0.25) is 0 Å². The third kappa shape index (κ3) is 1.90. The highest BCUT2D eigenvalue weighted by Crippen LogP contribution is 2.30. The molecule has 2 nitrogen and oxygen atoms in total. The Morgan fingerprint density at radius 2 is 2.27 bits per heavy atom. The molecule has 0 radical (unpaired) electrons. The molecule has 0 spiro atoms. The fraction of sp³-hybridized carbons (Fsp3) is 0.500. The molecule has 1 aliphatic heterocycles. The quantitative estimate of drug-likeness (QED) is 0.734. The molecule has 1 saturated heterocycles. The van der Waals surface area contributed by atoms with Crippen molar-refractivity contribution in [1.82, 2.24) is 5.32 Å². The van der Waals surface area contributed by atoms with Crippen molar-refractivity contribution in [2.75, 3.05) is 13.1 Å². The van der Waals surface area contributed by atoms with E-state index < -0.39 is 0 Å². The lowest BCUT2D eigenvalue weighted by Gasteiger charge is -2.26. The maximum Gasteiger partial charge on any atom is 0.126 e. The van der Waals surface area contributed by atoms with Crippen LogP contribution in [0.3, 0.4) is 0 Å². The molecule has 3 N–H and O–H groups in total. The topological polar surface area (TPSA) is 38.0 Å². The largest absolute Gasteiger partial charge is 0.324 e. The van der Waals surface area contributed by atoms with Crippen molar-refractivity contribution < 1.29 is 4.39 Å². The van der Waals surface area contributed by atoms with Gasteiger partial charge in [-0.1, -0.05) is 12.1 Å². The number of benzene rings is 1. The van der Waals surface area contributed by atoms with E-state index in [9.17, 15) is 4.39 Å². The van der Waals surface area contributed by atoms with Crippen molar-refractivity contribution in [3.8, 4) is 0 Å². The van der Waals surface area contributed by atoms with Gasteiger partial charge in [0.15, 0.2) is 0 Å². The standard InChI is InChI=1S/C12H17FN2/c1-8-5-9(3-4-11(8)13)10-6-15-7-12(10,2)14/h3-5,10,15H,6-7,14H2,1-2H3. The summed E-state index contributed by atoms with van der Waals surface area (Å²) in [4.78, 5) is 0. The molecule has 2 atom stereocenters. The smallest absolute Gasteiger partial charge is 0.126 e. The molecule has 1 aromatic rings. The zero-order valence-corrected chi connectivity index (χ0v) is 9.18. The van der Waals surface area contributed by atoms with Crippen molar-refractivity contribution in [2.24, 2.45) is 5.73 Å². The van der Waals surface area contributed by atoms with Gasteiger partial charge in [-0.05, 0) is 31.0 Å². The fourth-order valence-electron chi connectivity index (χ4n) is 2.23. The van der Waals surface area contributed by atoms with Crippen molar-refractivity contribution in [3.63, 3.8) is 0 Å². The molecule has 3 heteroatoms. The maximum atomic E-state index is 13.1. The van der Waals surface area contributed by atoms with Gasteiger partial charge in [-0.25, -0.2) is 4.39 Å². The van der Waals surface area contributed by atoms with Gasteiger partial charge < -0.3 is 11.1 Å². The summed E-state index contributed by atoms with van der Waals surface area (Å²) >= 11 is 0. The van der Waals surface area contributed by atoms with E-state index in [4.69, 9.17) is 5.73 Å². The maximum absolute atomic E-state index is 13.1. The third-order valence-electron chi connectivity index (χ3n) is 3.23. The Labute approximate surface area is 89.7 Å². The highest BCUT2D eigenvalue weighted by molar-refractivity contribution is 5.31. The molecule has 1 aromatic carbocycles. The number of rotatable bonds is 1. The van der Waals surface area contributed by atoms with Crippen LogP contribution in [0.1, 0.15) is 24.0 Å². The molecule has 82 valence electrons. The Hall–Kier alpha value is -0.930. The lowest BCUT2D eigenvalue weighted by Crippen LogP contribution is -2.42. The van der Waals surface area contributed by atoms with Crippen LogP contribution in [0.15, 0.2) is 18.2 Å². The lowest BCUT2D eigenvalue weighted by molar-refractivity contribution is 0.461. The van der Waals surface area contributed by atoms with Crippen LogP contribution in [0.2, 0.25) is 0 Å². The normalized spacial score (nSPS) is 30.8. The summed E-state index contributed by atoms with van der Waals surface area (Å²) in [5.41, 5.74) is 7.77. The molecule has 0 amide bonds. The highest BCUT2D eigenvalue weighted by Gasteiger charge is 2.36. The van der Waals surface area contributed by atoms with Crippen molar-refractivity contribution in [1.29, 1.82) is 0 Å². The molecule has 0 bridgehead atoms. The van der Waals surface area contributed by atoms with Gasteiger partial charge in [0.1, 0.15) is 5.82 Å². The molecule has 1 fully saturated rings. The zero-order valence-electron chi connectivity index (χ0n) is 9.18. The molecule has 0 saturated carbocycles. The number of nitrogens with two attached hydrogens (primary N) is 1. The number of hydrogen-bond donors (Lipinski definition) is 2. The Morgan fingerprint density at radius 3 is 2.80 bits per heavy atom. The number of aryl methyl sites for hydroxylation is 1. The van der Waals surface area contributed by atoms with Gasteiger partial charge in [-0.2, -0.15) is 0 Å². The second kappa shape index (κ2) is 3.58. The van der Waals surface area contributed by atoms with Crippen molar-refractivity contribution in [2.45, 2.75) is 25.3 Å². The van der Waals surface area contributed by atoms with E-state index in [-0.39, 0.29) is 17.3 Å². The van der Waals surface area contributed by atoms with Crippen molar-refractivity contribution in [3.05, 3.63) is 35.1 Å². The van der Waals surface area contributed by atoms with Gasteiger partial charge >= 0.3 is 0 Å². The minimum atomic E-state index is -0.232. The lowest BCUT2D eigenvalue weighted by atomic mass is 9.84. The minimum absolute atomic E-state index is 0.150. The van der Waals surface area contributed by atoms with E-state index in [1.807, 2.05) is 19.1 Å². The molecule has 0 aliphatic carbocycles. The molecule has 1 aliphatic rings. The Morgan fingerprint density at radius 1 is 1.53 bits per heavy atom. The summed E-state index contributed by atoms with van der Waals surface area (Å²) in [6.45, 7) is 5.51. The predicted octanol–water partition coefficient (Wildman–Crippen LogP) is 1.54. The van der Waals surface area contributed by atoms with Gasteiger partial charge in [0.25, 0.3) is 0 Å². The van der Waals surface area contributed by atoms with E-state index in [1.54, 1.807) is 6.92 Å². The summed E-state index contributed by atoms with van der Waals surface area (Å²) < 4.78 is 13.1. The molecule has 2 rings (SSSR count). The van der Waals surface area contributed by atoms with Crippen molar-refractivity contribution >= 4 is 0 Å². The van der Waals surface area contributed by atoms with E-state index in [0.29, 0.717) is 5.56 Å². The number of hydrogen-bond acceptors (Lipinski definition) is 2. The second-order valence-corrected chi connectivity index (χ2v) is 4.70. The Balaban J connectivity index is 2.33. The van der Waals surface area contributed by atoms with E-state index in [0.717, 1.165) is 18.7 Å². The van der Waals surface area contributed by atoms with Crippen LogP contribution in [0.4, 0.5) is 4.39 Å². The van der Waals surface area contributed by atoms with Crippen LogP contribution in [0.25, 0.3) is 0 Å². The molecular formula is C12H17FN2. The van der Waals surface area contributed by atoms with Crippen LogP contribution in [0, 0.1) is 12.7 Å². The molecule has 15 heavy (non-hydrogen) atoms. The first kappa shape index (κ1) is 10.6. The fourth-order valence-corrected chi connectivity index (χ4v) is 2.23. The van der Waals surface area contributed by atoms with Crippen LogP contribution >= 0.6 is 0 Å². The average Bonchev–Trinajstić information content (AvgIpc) is 2.50. The molecule has 0 aromatic heterocycles.